The van der Waals surface area contributed by atoms with Crippen LogP contribution < -0.4 is 0 Å². The van der Waals surface area contributed by atoms with E-state index >= 15 is 0 Å². The fourth-order valence-corrected chi connectivity index (χ4v) is 3.93. The smallest absolute Gasteiger partial charge is 0.0233 e. The average Bonchev–Trinajstić information content (AvgIpc) is 2.40. The van der Waals surface area contributed by atoms with E-state index in [4.69, 9.17) is 0 Å². The maximum absolute atomic E-state index is 3.94. The van der Waals surface area contributed by atoms with Crippen molar-refractivity contribution in [1.29, 1.82) is 0 Å². The van der Waals surface area contributed by atoms with Crippen LogP contribution in [0.15, 0.2) is 24.8 Å². The van der Waals surface area contributed by atoms with E-state index in [-0.39, 0.29) is 0 Å². The lowest BCUT2D eigenvalue weighted by molar-refractivity contribution is 0.166. The van der Waals surface area contributed by atoms with E-state index in [1.807, 2.05) is 0 Å². The van der Waals surface area contributed by atoms with Gasteiger partial charge in [-0.2, -0.15) is 0 Å². The highest BCUT2D eigenvalue weighted by Gasteiger charge is 2.29. The Hall–Kier alpha value is -0.520. The highest BCUT2D eigenvalue weighted by molar-refractivity contribution is 4.91. The van der Waals surface area contributed by atoms with Gasteiger partial charge in [-0.1, -0.05) is 18.2 Å². The lowest BCUT2D eigenvalue weighted by Gasteiger charge is -2.36. The zero-order valence-corrected chi connectivity index (χ0v) is 11.4. The zero-order chi connectivity index (χ0) is 12.1. The predicted octanol–water partition coefficient (Wildman–Crippen LogP) is 5.36. The molecule has 96 valence electrons. The lowest BCUT2D eigenvalue weighted by atomic mass is 9.69. The molecule has 2 rings (SSSR count). The monoisotopic (exact) mass is 232 g/mol. The van der Waals surface area contributed by atoms with Crippen LogP contribution in [0.25, 0.3) is 0 Å². The van der Waals surface area contributed by atoms with Gasteiger partial charge in [0.25, 0.3) is 0 Å². The van der Waals surface area contributed by atoms with Gasteiger partial charge in [-0.15, -0.1) is 6.58 Å². The second-order valence-corrected chi connectivity index (χ2v) is 6.11. The van der Waals surface area contributed by atoms with Crippen molar-refractivity contribution in [2.45, 2.75) is 58.3 Å². The van der Waals surface area contributed by atoms with Crippen molar-refractivity contribution in [2.75, 3.05) is 0 Å². The molecule has 2 fully saturated rings. The molecule has 0 spiro atoms. The van der Waals surface area contributed by atoms with E-state index in [0.29, 0.717) is 0 Å². The number of rotatable bonds is 3. The molecule has 0 atom stereocenters. The van der Waals surface area contributed by atoms with E-state index in [2.05, 4.69) is 31.7 Å². The average molecular weight is 232 g/mol. The topological polar surface area (TPSA) is 0 Å². The Kier molecular flexibility index (Phi) is 4.88. The minimum absolute atomic E-state index is 0.825. The van der Waals surface area contributed by atoms with Crippen LogP contribution in [0, 0.1) is 23.7 Å². The lowest BCUT2D eigenvalue weighted by Crippen LogP contribution is -2.25. The first kappa shape index (κ1) is 12.9. The van der Waals surface area contributed by atoms with Gasteiger partial charge in [0.1, 0.15) is 0 Å². The normalized spacial score (nSPS) is 39.4. The summed E-state index contributed by atoms with van der Waals surface area (Å²) in [5.74, 6) is 3.80. The van der Waals surface area contributed by atoms with Crippen molar-refractivity contribution in [2.24, 2.45) is 23.7 Å². The summed E-state index contributed by atoms with van der Waals surface area (Å²) in [7, 11) is 0. The van der Waals surface area contributed by atoms with Crippen molar-refractivity contribution in [3.8, 4) is 0 Å². The molecule has 0 bridgehead atoms. The van der Waals surface area contributed by atoms with Crippen LogP contribution >= 0.6 is 0 Å². The van der Waals surface area contributed by atoms with Crippen LogP contribution in [-0.4, -0.2) is 0 Å². The molecule has 17 heavy (non-hydrogen) atoms. The fraction of sp³-hybridized carbons (Fsp3) is 0.765. The maximum Gasteiger partial charge on any atom is -0.0233 e. The minimum Gasteiger partial charge on any atom is -0.103 e. The van der Waals surface area contributed by atoms with Crippen molar-refractivity contribution < 1.29 is 0 Å². The Bertz CT molecular complexity index is 247. The minimum atomic E-state index is 0.825. The molecule has 0 aromatic heterocycles. The van der Waals surface area contributed by atoms with E-state index in [1.54, 1.807) is 0 Å². The van der Waals surface area contributed by atoms with E-state index < -0.39 is 0 Å². The molecule has 0 unspecified atom stereocenters. The Morgan fingerprint density at radius 1 is 0.765 bits per heavy atom. The summed E-state index contributed by atoms with van der Waals surface area (Å²) < 4.78 is 0. The van der Waals surface area contributed by atoms with E-state index in [0.717, 1.165) is 23.7 Å². The Morgan fingerprint density at radius 3 is 1.65 bits per heavy atom. The maximum atomic E-state index is 3.94. The second kappa shape index (κ2) is 6.42. The SMILES string of the molecule is C=CC1CCC(C2CCC(/C=C/C)CC2)CC1. The molecular weight excluding hydrogens is 204 g/mol. The van der Waals surface area contributed by atoms with Crippen molar-refractivity contribution in [3.63, 3.8) is 0 Å². The summed E-state index contributed by atoms with van der Waals surface area (Å²) in [6.45, 7) is 6.10. The largest absolute Gasteiger partial charge is 0.103 e. The molecular formula is C17H28. The molecule has 2 saturated carbocycles. The van der Waals surface area contributed by atoms with Gasteiger partial charge < -0.3 is 0 Å². The second-order valence-electron chi connectivity index (χ2n) is 6.11. The highest BCUT2D eigenvalue weighted by Crippen LogP contribution is 2.41. The first-order valence-corrected chi connectivity index (χ1v) is 7.58. The van der Waals surface area contributed by atoms with Gasteiger partial charge in [0.15, 0.2) is 0 Å². The molecule has 0 radical (unpaired) electrons. The summed E-state index contributed by atoms with van der Waals surface area (Å²) in [6.07, 6.45) is 18.4. The third-order valence-electron chi connectivity index (χ3n) is 5.10. The van der Waals surface area contributed by atoms with Crippen molar-refractivity contribution >= 4 is 0 Å². The number of hydrogen-bond acceptors (Lipinski definition) is 0. The summed E-state index contributed by atoms with van der Waals surface area (Å²) in [4.78, 5) is 0. The Balaban J connectivity index is 1.76. The number of hydrogen-bond donors (Lipinski definition) is 0. The van der Waals surface area contributed by atoms with Gasteiger partial charge in [0, 0.05) is 0 Å². The van der Waals surface area contributed by atoms with Crippen LogP contribution in [0.5, 0.6) is 0 Å². The van der Waals surface area contributed by atoms with E-state index in [9.17, 15) is 0 Å². The molecule has 2 aliphatic rings. The van der Waals surface area contributed by atoms with Gasteiger partial charge in [-0.3, -0.25) is 0 Å². The molecule has 0 aliphatic heterocycles. The van der Waals surface area contributed by atoms with Crippen molar-refractivity contribution in [1.82, 2.24) is 0 Å². The van der Waals surface area contributed by atoms with Crippen LogP contribution in [0.1, 0.15) is 58.3 Å². The third-order valence-corrected chi connectivity index (χ3v) is 5.10. The van der Waals surface area contributed by atoms with Gasteiger partial charge in [0.2, 0.25) is 0 Å². The van der Waals surface area contributed by atoms with Gasteiger partial charge in [0.05, 0.1) is 0 Å². The molecule has 0 aromatic rings. The first-order valence-electron chi connectivity index (χ1n) is 7.58. The summed E-state index contributed by atoms with van der Waals surface area (Å²) in [6, 6.07) is 0. The zero-order valence-electron chi connectivity index (χ0n) is 11.4. The highest BCUT2D eigenvalue weighted by atomic mass is 14.3. The summed E-state index contributed by atoms with van der Waals surface area (Å²) in [5, 5.41) is 0. The standard InChI is InChI=1S/C17H28/c1-3-5-15-8-12-17(13-9-15)16-10-6-14(4-2)7-11-16/h3-5,14-17H,2,6-13H2,1H3/b5-3+. The van der Waals surface area contributed by atoms with Crippen LogP contribution in [0.4, 0.5) is 0 Å². The first-order chi connectivity index (χ1) is 8.33. The van der Waals surface area contributed by atoms with Gasteiger partial charge >= 0.3 is 0 Å². The van der Waals surface area contributed by atoms with Gasteiger partial charge in [-0.05, 0) is 82.0 Å². The van der Waals surface area contributed by atoms with Crippen LogP contribution in [-0.2, 0) is 0 Å². The molecule has 0 nitrogen and oxygen atoms in total. The number of allylic oxidation sites excluding steroid dienone is 3. The third kappa shape index (κ3) is 3.47. The fourth-order valence-electron chi connectivity index (χ4n) is 3.93. The van der Waals surface area contributed by atoms with Gasteiger partial charge in [-0.25, -0.2) is 0 Å². The van der Waals surface area contributed by atoms with E-state index in [1.165, 1.54) is 51.4 Å². The Labute approximate surface area is 107 Å². The predicted molar refractivity (Wildman–Crippen MR) is 75.9 cm³/mol. The molecule has 0 amide bonds. The molecule has 0 heteroatoms. The summed E-state index contributed by atoms with van der Waals surface area (Å²) >= 11 is 0. The molecule has 0 N–H and O–H groups in total. The van der Waals surface area contributed by atoms with Crippen LogP contribution in [0.3, 0.4) is 0 Å². The van der Waals surface area contributed by atoms with Crippen LogP contribution in [0.2, 0.25) is 0 Å². The molecule has 0 aromatic carbocycles. The quantitative estimate of drug-likeness (QED) is 0.574. The Morgan fingerprint density at radius 2 is 1.24 bits per heavy atom. The summed E-state index contributed by atoms with van der Waals surface area (Å²) in [5.41, 5.74) is 0. The van der Waals surface area contributed by atoms with Crippen molar-refractivity contribution in [3.05, 3.63) is 24.8 Å². The molecule has 0 heterocycles. The molecule has 0 saturated heterocycles. The molecule has 2 aliphatic carbocycles.